The first-order chi connectivity index (χ1) is 17.9. The summed E-state index contributed by atoms with van der Waals surface area (Å²) in [6, 6.07) is 13.8. The van der Waals surface area contributed by atoms with Crippen LogP contribution in [0.3, 0.4) is 0 Å². The summed E-state index contributed by atoms with van der Waals surface area (Å²) in [5, 5.41) is 10.5. The average molecular weight is 582 g/mol. The molecule has 7 nitrogen and oxygen atoms in total. The molecule has 4 rings (SSSR count). The first-order valence-electron chi connectivity index (χ1n) is 12.9. The lowest BCUT2D eigenvalue weighted by atomic mass is 9.67. The Morgan fingerprint density at radius 1 is 1.13 bits per heavy atom. The molecule has 206 valence electrons. The quantitative estimate of drug-likeness (QED) is 0.387. The summed E-state index contributed by atoms with van der Waals surface area (Å²) in [5.41, 5.74) is 0.542. The van der Waals surface area contributed by atoms with Gasteiger partial charge < -0.3 is 10.0 Å². The molecule has 1 aliphatic carbocycles. The van der Waals surface area contributed by atoms with E-state index in [4.69, 9.17) is 23.2 Å². The van der Waals surface area contributed by atoms with Crippen LogP contribution in [0.2, 0.25) is 10.0 Å². The molecule has 38 heavy (non-hydrogen) atoms. The van der Waals surface area contributed by atoms with Gasteiger partial charge in [0, 0.05) is 35.6 Å². The number of likely N-dealkylation sites (tertiary alicyclic amines) is 1. The molecular weight excluding hydrogens is 547 g/mol. The van der Waals surface area contributed by atoms with Crippen LogP contribution in [0.1, 0.15) is 69.0 Å². The number of likely N-dealkylation sites (N-methyl/N-ethyl adjacent to an activating group) is 1. The largest absolute Gasteiger partial charge is 0.481 e. The summed E-state index contributed by atoms with van der Waals surface area (Å²) in [4.78, 5) is 28.0. The van der Waals surface area contributed by atoms with Crippen LogP contribution < -0.4 is 0 Å². The minimum Gasteiger partial charge on any atom is -0.481 e. The SMILES string of the molecule is CCC(CN(C)S(=O)(=O)C1CC1)N1C(=O)[C@@](C)(CC(=O)O)C[C@H](c2cccc(Cl)c2)[C@H]1c1ccc(Cl)cc1. The number of carbonyl (C=O) groups is 2. The Morgan fingerprint density at radius 2 is 1.79 bits per heavy atom. The summed E-state index contributed by atoms with van der Waals surface area (Å²) in [7, 11) is -1.91. The maximum absolute atomic E-state index is 14.3. The number of hydrogen-bond acceptors (Lipinski definition) is 4. The van der Waals surface area contributed by atoms with Crippen LogP contribution in [0.5, 0.6) is 0 Å². The summed E-state index contributed by atoms with van der Waals surface area (Å²) in [5.74, 6) is -1.63. The van der Waals surface area contributed by atoms with Crippen LogP contribution in [0, 0.1) is 5.41 Å². The molecule has 1 aliphatic heterocycles. The Morgan fingerprint density at radius 3 is 2.34 bits per heavy atom. The number of rotatable bonds is 10. The first kappa shape index (κ1) is 28.9. The topological polar surface area (TPSA) is 95.0 Å². The maximum Gasteiger partial charge on any atom is 0.304 e. The zero-order valence-electron chi connectivity index (χ0n) is 21.8. The number of halogens is 2. The summed E-state index contributed by atoms with van der Waals surface area (Å²) in [6.45, 7) is 3.74. The van der Waals surface area contributed by atoms with Crippen molar-refractivity contribution in [1.29, 1.82) is 0 Å². The highest BCUT2D eigenvalue weighted by atomic mass is 35.5. The van der Waals surface area contributed by atoms with Gasteiger partial charge in [0.15, 0.2) is 0 Å². The minimum absolute atomic E-state index is 0.122. The van der Waals surface area contributed by atoms with Crippen LogP contribution in [-0.4, -0.2) is 59.5 Å². The Kier molecular flexibility index (Phi) is 8.48. The predicted octanol–water partition coefficient (Wildman–Crippen LogP) is 5.73. The first-order valence-corrected chi connectivity index (χ1v) is 15.1. The lowest BCUT2D eigenvalue weighted by Gasteiger charge is -2.52. The minimum atomic E-state index is -3.47. The molecule has 1 amide bonds. The van der Waals surface area contributed by atoms with Crippen molar-refractivity contribution in [3.63, 3.8) is 0 Å². The Balaban J connectivity index is 1.86. The van der Waals surface area contributed by atoms with Gasteiger partial charge in [0.25, 0.3) is 0 Å². The van der Waals surface area contributed by atoms with Crippen LogP contribution in [0.25, 0.3) is 0 Å². The second-order valence-electron chi connectivity index (χ2n) is 10.8. The number of carbonyl (C=O) groups excluding carboxylic acids is 1. The molecule has 1 unspecified atom stereocenters. The van der Waals surface area contributed by atoms with Gasteiger partial charge in [-0.25, -0.2) is 12.7 Å². The fourth-order valence-electron chi connectivity index (χ4n) is 5.72. The number of hydrogen-bond donors (Lipinski definition) is 1. The highest BCUT2D eigenvalue weighted by Crippen LogP contribution is 2.52. The Labute approximate surface area is 234 Å². The molecule has 0 spiro atoms. The van der Waals surface area contributed by atoms with Gasteiger partial charge in [0.1, 0.15) is 0 Å². The molecule has 10 heteroatoms. The molecule has 1 saturated carbocycles. The van der Waals surface area contributed by atoms with E-state index in [1.807, 2.05) is 37.3 Å². The third-order valence-corrected chi connectivity index (χ3v) is 10.7. The van der Waals surface area contributed by atoms with E-state index >= 15 is 0 Å². The average Bonchev–Trinajstić information content (AvgIpc) is 3.70. The second kappa shape index (κ2) is 11.2. The van der Waals surface area contributed by atoms with Crippen molar-refractivity contribution in [3.8, 4) is 0 Å². The monoisotopic (exact) mass is 580 g/mol. The highest BCUT2D eigenvalue weighted by Gasteiger charge is 2.52. The van der Waals surface area contributed by atoms with E-state index in [1.165, 1.54) is 4.31 Å². The van der Waals surface area contributed by atoms with Gasteiger partial charge >= 0.3 is 5.97 Å². The Bertz CT molecular complexity index is 1300. The van der Waals surface area contributed by atoms with Gasteiger partial charge in [-0.3, -0.25) is 9.59 Å². The van der Waals surface area contributed by atoms with Crippen LogP contribution >= 0.6 is 23.2 Å². The number of piperidine rings is 1. The summed E-state index contributed by atoms with van der Waals surface area (Å²) >= 11 is 12.6. The van der Waals surface area contributed by atoms with Gasteiger partial charge in [0.2, 0.25) is 15.9 Å². The molecule has 2 fully saturated rings. The number of carboxylic acid groups (broad SMARTS) is 1. The van der Waals surface area contributed by atoms with E-state index in [0.29, 0.717) is 35.7 Å². The second-order valence-corrected chi connectivity index (χ2v) is 14.0. The number of amides is 1. The van der Waals surface area contributed by atoms with E-state index in [2.05, 4.69) is 0 Å². The maximum atomic E-state index is 14.3. The number of benzene rings is 2. The van der Waals surface area contributed by atoms with Crippen molar-refractivity contribution < 1.29 is 23.1 Å². The molecule has 1 heterocycles. The third-order valence-electron chi connectivity index (χ3n) is 7.84. The molecule has 1 N–H and O–H groups in total. The summed E-state index contributed by atoms with van der Waals surface area (Å²) < 4.78 is 27.4. The third kappa shape index (κ3) is 5.88. The van der Waals surface area contributed by atoms with Crippen LogP contribution in [-0.2, 0) is 19.6 Å². The molecule has 0 bridgehead atoms. The van der Waals surface area contributed by atoms with Gasteiger partial charge in [-0.1, -0.05) is 61.3 Å². The van der Waals surface area contributed by atoms with Crippen LogP contribution in [0.4, 0.5) is 0 Å². The normalized spacial score (nSPS) is 25.0. The van der Waals surface area contributed by atoms with Crippen molar-refractivity contribution in [2.45, 2.75) is 69.2 Å². The molecule has 2 aliphatic rings. The number of sulfonamides is 1. The zero-order chi connectivity index (χ0) is 27.8. The zero-order valence-corrected chi connectivity index (χ0v) is 24.1. The van der Waals surface area contributed by atoms with Crippen molar-refractivity contribution in [2.24, 2.45) is 5.41 Å². The molecular formula is C28H34Cl2N2O5S. The molecule has 1 saturated heterocycles. The fourth-order valence-corrected chi connectivity index (χ4v) is 7.66. The molecule has 0 aromatic heterocycles. The smallest absolute Gasteiger partial charge is 0.304 e. The van der Waals surface area contributed by atoms with E-state index < -0.39 is 33.5 Å². The van der Waals surface area contributed by atoms with Gasteiger partial charge in [-0.2, -0.15) is 0 Å². The van der Waals surface area contributed by atoms with Gasteiger partial charge in [-0.15, -0.1) is 0 Å². The Hall–Kier alpha value is -2.13. The summed E-state index contributed by atoms with van der Waals surface area (Å²) in [6.07, 6.45) is 1.75. The molecule has 0 radical (unpaired) electrons. The van der Waals surface area contributed by atoms with Crippen LogP contribution in [0.15, 0.2) is 48.5 Å². The van der Waals surface area contributed by atoms with E-state index in [0.717, 1.165) is 11.1 Å². The van der Waals surface area contributed by atoms with Crippen molar-refractivity contribution in [3.05, 3.63) is 69.7 Å². The fraction of sp³-hybridized carbons (Fsp3) is 0.500. The van der Waals surface area contributed by atoms with Crippen molar-refractivity contribution >= 4 is 45.1 Å². The number of carboxylic acids is 1. The molecule has 2 aromatic carbocycles. The lowest BCUT2D eigenvalue weighted by Crippen LogP contribution is -2.58. The highest BCUT2D eigenvalue weighted by molar-refractivity contribution is 7.90. The lowest BCUT2D eigenvalue weighted by molar-refractivity contribution is -0.160. The molecule has 2 aromatic rings. The molecule has 4 atom stereocenters. The number of nitrogens with zero attached hydrogens (tertiary/aromatic N) is 2. The van der Waals surface area contributed by atoms with E-state index in [1.54, 1.807) is 37.1 Å². The van der Waals surface area contributed by atoms with Gasteiger partial charge in [0.05, 0.1) is 23.1 Å². The van der Waals surface area contributed by atoms with E-state index in [9.17, 15) is 23.1 Å². The standard InChI is InChI=1S/C28H34Cl2N2O5S/c1-4-22(17-31(3)38(36,37)23-12-13-23)32-26(18-8-10-20(29)11-9-18)24(19-6-5-7-21(30)14-19)15-28(2,27(32)35)16-25(33)34/h5-11,14,22-24,26H,4,12-13,15-17H2,1-3H3,(H,33,34)/t22?,24-,26-,28-/m1/s1. The van der Waals surface area contributed by atoms with Crippen molar-refractivity contribution in [1.82, 2.24) is 9.21 Å². The van der Waals surface area contributed by atoms with Gasteiger partial charge in [-0.05, 0) is 61.1 Å². The predicted molar refractivity (Wildman–Crippen MR) is 149 cm³/mol. The van der Waals surface area contributed by atoms with E-state index in [-0.39, 0.29) is 30.0 Å². The number of aliphatic carboxylic acids is 1. The van der Waals surface area contributed by atoms with Crippen molar-refractivity contribution in [2.75, 3.05) is 13.6 Å².